The van der Waals surface area contributed by atoms with Crippen LogP contribution in [0.1, 0.15) is 33.6 Å². The topological polar surface area (TPSA) is 49.4 Å². The molecule has 1 rings (SSSR count). The van der Waals surface area contributed by atoms with Gasteiger partial charge >= 0.3 is 0 Å². The number of Topliss-reactive ketones (excluding diaryl/α,β-unsaturated/α-hetero) is 1. The quantitative estimate of drug-likeness (QED) is 0.781. The van der Waals surface area contributed by atoms with E-state index in [1.165, 1.54) is 0 Å². The lowest BCUT2D eigenvalue weighted by molar-refractivity contribution is -0.126. The van der Waals surface area contributed by atoms with E-state index in [2.05, 4.69) is 24.1 Å². The Labute approximate surface area is 104 Å². The Kier molecular flexibility index (Phi) is 5.62. The predicted octanol–water partition coefficient (Wildman–Crippen LogP) is 1.06. The van der Waals surface area contributed by atoms with E-state index in [0.29, 0.717) is 12.5 Å². The van der Waals surface area contributed by atoms with Crippen LogP contribution in [0.25, 0.3) is 0 Å². The summed E-state index contributed by atoms with van der Waals surface area (Å²) in [5.74, 6) is 0.923. The summed E-state index contributed by atoms with van der Waals surface area (Å²) in [6, 6.07) is 0. The molecule has 0 aromatic heterocycles. The molecule has 1 amide bonds. The highest BCUT2D eigenvalue weighted by Gasteiger charge is 2.24. The van der Waals surface area contributed by atoms with Gasteiger partial charge in [-0.3, -0.25) is 14.5 Å². The highest BCUT2D eigenvalue weighted by molar-refractivity contribution is 5.79. The molecule has 0 bridgehead atoms. The smallest absolute Gasteiger partial charge is 0.234 e. The van der Waals surface area contributed by atoms with Crippen molar-refractivity contribution in [3.63, 3.8) is 0 Å². The highest BCUT2D eigenvalue weighted by atomic mass is 16.2. The van der Waals surface area contributed by atoms with Gasteiger partial charge in [-0.05, 0) is 32.2 Å². The number of carbonyl (C=O) groups is 2. The summed E-state index contributed by atoms with van der Waals surface area (Å²) >= 11 is 0. The van der Waals surface area contributed by atoms with E-state index in [4.69, 9.17) is 0 Å². The molecule has 0 aromatic rings. The summed E-state index contributed by atoms with van der Waals surface area (Å²) in [6.07, 6.45) is 1.99. The van der Waals surface area contributed by atoms with Gasteiger partial charge < -0.3 is 5.32 Å². The first-order valence-electron chi connectivity index (χ1n) is 6.48. The van der Waals surface area contributed by atoms with Crippen LogP contribution in [0.5, 0.6) is 0 Å². The first-order chi connectivity index (χ1) is 7.99. The van der Waals surface area contributed by atoms with Crippen molar-refractivity contribution in [1.29, 1.82) is 0 Å². The second kappa shape index (κ2) is 6.74. The lowest BCUT2D eigenvalue weighted by atomic mass is 9.95. The zero-order valence-electron chi connectivity index (χ0n) is 11.2. The average molecular weight is 240 g/mol. The van der Waals surface area contributed by atoms with Crippen LogP contribution in [-0.4, -0.2) is 42.8 Å². The fraction of sp³-hybridized carbons (Fsp3) is 0.846. The molecular weight excluding hydrogens is 216 g/mol. The van der Waals surface area contributed by atoms with Gasteiger partial charge in [0.25, 0.3) is 0 Å². The maximum absolute atomic E-state index is 11.7. The highest BCUT2D eigenvalue weighted by Crippen LogP contribution is 2.16. The number of likely N-dealkylation sites (tertiary alicyclic amines) is 1. The van der Waals surface area contributed by atoms with Gasteiger partial charge in [-0.1, -0.05) is 13.8 Å². The van der Waals surface area contributed by atoms with Crippen molar-refractivity contribution < 1.29 is 9.59 Å². The number of amides is 1. The number of piperidine rings is 1. The molecule has 0 aromatic carbocycles. The van der Waals surface area contributed by atoms with Crippen LogP contribution in [0.4, 0.5) is 0 Å². The Morgan fingerprint density at radius 3 is 2.71 bits per heavy atom. The molecule has 0 radical (unpaired) electrons. The van der Waals surface area contributed by atoms with Crippen molar-refractivity contribution in [3.05, 3.63) is 0 Å². The van der Waals surface area contributed by atoms with Crippen LogP contribution in [-0.2, 0) is 9.59 Å². The van der Waals surface area contributed by atoms with E-state index in [-0.39, 0.29) is 17.6 Å². The molecule has 1 unspecified atom stereocenters. The molecular formula is C13H24N2O2. The van der Waals surface area contributed by atoms with Gasteiger partial charge in [-0.25, -0.2) is 0 Å². The molecule has 17 heavy (non-hydrogen) atoms. The van der Waals surface area contributed by atoms with E-state index in [1.54, 1.807) is 6.92 Å². The second-order valence-corrected chi connectivity index (χ2v) is 5.38. The normalized spacial score (nSPS) is 21.5. The minimum atomic E-state index is 0.0721. The molecule has 1 saturated heterocycles. The molecule has 4 nitrogen and oxygen atoms in total. The first-order valence-corrected chi connectivity index (χ1v) is 6.48. The van der Waals surface area contributed by atoms with Crippen molar-refractivity contribution >= 4 is 11.7 Å². The van der Waals surface area contributed by atoms with Crippen molar-refractivity contribution in [3.8, 4) is 0 Å². The van der Waals surface area contributed by atoms with E-state index in [0.717, 1.165) is 32.5 Å². The molecule has 1 heterocycles. The molecule has 98 valence electrons. The molecule has 1 atom stereocenters. The molecule has 0 spiro atoms. The second-order valence-electron chi connectivity index (χ2n) is 5.38. The summed E-state index contributed by atoms with van der Waals surface area (Å²) < 4.78 is 0. The Morgan fingerprint density at radius 1 is 1.41 bits per heavy atom. The monoisotopic (exact) mass is 240 g/mol. The third kappa shape index (κ3) is 5.31. The maximum atomic E-state index is 11.7. The molecule has 0 aliphatic carbocycles. The Bertz CT molecular complexity index is 277. The number of rotatable bonds is 5. The summed E-state index contributed by atoms with van der Waals surface area (Å²) in [5.41, 5.74) is 0. The molecule has 1 aliphatic heterocycles. The molecule has 1 aliphatic rings. The van der Waals surface area contributed by atoms with Gasteiger partial charge in [-0.15, -0.1) is 0 Å². The van der Waals surface area contributed by atoms with Crippen molar-refractivity contribution in [2.24, 2.45) is 11.8 Å². The molecule has 1 fully saturated rings. The maximum Gasteiger partial charge on any atom is 0.234 e. The number of hydrogen-bond donors (Lipinski definition) is 1. The minimum absolute atomic E-state index is 0.0721. The van der Waals surface area contributed by atoms with Gasteiger partial charge in [0.1, 0.15) is 5.78 Å². The number of ketones is 1. The molecule has 0 saturated carbocycles. The lowest BCUT2D eigenvalue weighted by Crippen LogP contribution is -2.44. The van der Waals surface area contributed by atoms with Crippen molar-refractivity contribution in [1.82, 2.24) is 10.2 Å². The van der Waals surface area contributed by atoms with Crippen molar-refractivity contribution in [2.45, 2.75) is 33.6 Å². The Hall–Kier alpha value is -0.900. The van der Waals surface area contributed by atoms with E-state index < -0.39 is 0 Å². The van der Waals surface area contributed by atoms with Gasteiger partial charge in [0.2, 0.25) is 5.91 Å². The number of nitrogens with zero attached hydrogens (tertiary/aromatic N) is 1. The third-order valence-corrected chi connectivity index (χ3v) is 3.16. The molecule has 4 heteroatoms. The zero-order valence-corrected chi connectivity index (χ0v) is 11.2. The van der Waals surface area contributed by atoms with E-state index >= 15 is 0 Å². The zero-order chi connectivity index (χ0) is 12.8. The van der Waals surface area contributed by atoms with Crippen molar-refractivity contribution in [2.75, 3.05) is 26.2 Å². The van der Waals surface area contributed by atoms with Crippen LogP contribution in [0, 0.1) is 11.8 Å². The van der Waals surface area contributed by atoms with E-state index in [9.17, 15) is 9.59 Å². The van der Waals surface area contributed by atoms with Crippen LogP contribution >= 0.6 is 0 Å². The molecule has 1 N–H and O–H groups in total. The predicted molar refractivity (Wildman–Crippen MR) is 67.7 cm³/mol. The largest absolute Gasteiger partial charge is 0.355 e. The fourth-order valence-corrected chi connectivity index (χ4v) is 2.11. The van der Waals surface area contributed by atoms with Gasteiger partial charge in [-0.2, -0.15) is 0 Å². The number of hydrogen-bond acceptors (Lipinski definition) is 3. The van der Waals surface area contributed by atoms with Gasteiger partial charge in [0.15, 0.2) is 0 Å². The standard InChI is InChI=1S/C13H24N2O2/c1-10(2)7-14-13(17)9-15-6-4-5-12(8-15)11(3)16/h10,12H,4-9H2,1-3H3,(H,14,17). The number of carbonyl (C=O) groups excluding carboxylic acids is 2. The van der Waals surface area contributed by atoms with Crippen LogP contribution in [0.15, 0.2) is 0 Å². The summed E-state index contributed by atoms with van der Waals surface area (Å²) in [4.78, 5) is 25.1. The Balaban J connectivity index is 2.30. The first kappa shape index (κ1) is 14.2. The summed E-state index contributed by atoms with van der Waals surface area (Å²) in [6.45, 7) is 8.62. The van der Waals surface area contributed by atoms with Gasteiger partial charge in [0.05, 0.1) is 6.54 Å². The third-order valence-electron chi connectivity index (χ3n) is 3.16. The summed E-state index contributed by atoms with van der Waals surface area (Å²) in [7, 11) is 0. The fourth-order valence-electron chi connectivity index (χ4n) is 2.11. The lowest BCUT2D eigenvalue weighted by Gasteiger charge is -2.30. The van der Waals surface area contributed by atoms with Crippen LogP contribution in [0.3, 0.4) is 0 Å². The SMILES string of the molecule is CC(=O)C1CCCN(CC(=O)NCC(C)C)C1. The van der Waals surface area contributed by atoms with Crippen LogP contribution in [0.2, 0.25) is 0 Å². The van der Waals surface area contributed by atoms with E-state index in [1.807, 2.05) is 0 Å². The minimum Gasteiger partial charge on any atom is -0.355 e. The number of nitrogens with one attached hydrogen (secondary N) is 1. The average Bonchev–Trinajstić information content (AvgIpc) is 2.26. The van der Waals surface area contributed by atoms with Gasteiger partial charge in [0, 0.05) is 19.0 Å². The van der Waals surface area contributed by atoms with Crippen LogP contribution < -0.4 is 5.32 Å². The Morgan fingerprint density at radius 2 is 2.12 bits per heavy atom. The summed E-state index contributed by atoms with van der Waals surface area (Å²) in [5, 5.41) is 2.91.